The molecule has 1 amide bonds. The molecular formula is C24H30FN5O3. The molecule has 8 nitrogen and oxygen atoms in total. The normalized spacial score (nSPS) is 24.6. The van der Waals surface area contributed by atoms with Gasteiger partial charge in [0.15, 0.2) is 23.1 Å². The maximum absolute atomic E-state index is 15.1. The van der Waals surface area contributed by atoms with E-state index in [-0.39, 0.29) is 28.7 Å². The quantitative estimate of drug-likeness (QED) is 0.715. The Morgan fingerprint density at radius 1 is 1.30 bits per heavy atom. The van der Waals surface area contributed by atoms with E-state index in [4.69, 9.17) is 15.2 Å². The Morgan fingerprint density at radius 3 is 2.88 bits per heavy atom. The molecule has 1 aromatic carbocycles. The first-order valence-corrected chi connectivity index (χ1v) is 11.6. The number of nitrogens with one attached hydrogen (secondary N) is 1. The molecule has 2 aliphatic heterocycles. The van der Waals surface area contributed by atoms with Crippen molar-refractivity contribution in [2.24, 2.45) is 11.8 Å². The Labute approximate surface area is 192 Å². The van der Waals surface area contributed by atoms with E-state index < -0.39 is 5.82 Å². The molecule has 33 heavy (non-hydrogen) atoms. The van der Waals surface area contributed by atoms with E-state index in [1.807, 2.05) is 11.0 Å². The maximum Gasteiger partial charge on any atom is 0.224 e. The fourth-order valence-electron chi connectivity index (χ4n) is 5.64. The number of carbonyl (C=O) groups excluding carboxylic acids is 1. The lowest BCUT2D eigenvalue weighted by molar-refractivity contribution is -0.131. The molecule has 5 rings (SSSR count). The summed E-state index contributed by atoms with van der Waals surface area (Å²) in [5.41, 5.74) is 7.09. The average molecular weight is 456 g/mol. The summed E-state index contributed by atoms with van der Waals surface area (Å²) in [5, 5.41) is 3.93. The molecule has 3 atom stereocenters. The Balaban J connectivity index is 1.33. The number of anilines is 1. The Bertz CT molecular complexity index is 1120. The number of nitrogen functional groups attached to an aromatic ring is 1. The average Bonchev–Trinajstić information content (AvgIpc) is 3.44. The third-order valence-electron chi connectivity index (χ3n) is 7.43. The van der Waals surface area contributed by atoms with Crippen LogP contribution in [0, 0.1) is 17.7 Å². The highest BCUT2D eigenvalue weighted by Gasteiger charge is 2.40. The largest absolute Gasteiger partial charge is 0.493 e. The number of hydrogen-bond donors (Lipinski definition) is 2. The second kappa shape index (κ2) is 8.78. The van der Waals surface area contributed by atoms with Gasteiger partial charge in [-0.15, -0.1) is 0 Å². The van der Waals surface area contributed by atoms with Gasteiger partial charge in [-0.05, 0) is 49.3 Å². The first-order chi connectivity index (χ1) is 16.0. The van der Waals surface area contributed by atoms with Gasteiger partial charge < -0.3 is 25.4 Å². The van der Waals surface area contributed by atoms with Crippen LogP contribution in [0.4, 0.5) is 10.2 Å². The molecule has 3 N–H and O–H groups in total. The number of ether oxygens (including phenoxy) is 2. The van der Waals surface area contributed by atoms with Crippen LogP contribution in [0.1, 0.15) is 37.9 Å². The minimum Gasteiger partial charge on any atom is -0.493 e. The van der Waals surface area contributed by atoms with E-state index >= 15 is 4.39 Å². The fraction of sp³-hybridized carbons (Fsp3) is 0.542. The molecule has 1 aliphatic carbocycles. The van der Waals surface area contributed by atoms with E-state index in [9.17, 15) is 4.79 Å². The van der Waals surface area contributed by atoms with Gasteiger partial charge in [-0.25, -0.2) is 14.4 Å². The number of carbonyl (C=O) groups is 1. The molecule has 0 spiro atoms. The second-order valence-electron chi connectivity index (χ2n) is 9.15. The van der Waals surface area contributed by atoms with E-state index in [0.717, 1.165) is 18.0 Å². The minimum atomic E-state index is -0.635. The molecule has 0 unspecified atom stereocenters. The number of amides is 1. The van der Waals surface area contributed by atoms with Crippen LogP contribution >= 0.6 is 0 Å². The highest BCUT2D eigenvalue weighted by atomic mass is 19.1. The maximum atomic E-state index is 15.1. The number of rotatable bonds is 5. The van der Waals surface area contributed by atoms with Gasteiger partial charge in [0, 0.05) is 30.9 Å². The van der Waals surface area contributed by atoms with Crippen molar-refractivity contribution in [1.82, 2.24) is 20.2 Å². The van der Waals surface area contributed by atoms with Crippen molar-refractivity contribution in [3.8, 4) is 11.5 Å². The molecule has 3 aliphatic rings. The lowest BCUT2D eigenvalue weighted by atomic mass is 9.92. The molecular weight excluding hydrogens is 425 g/mol. The van der Waals surface area contributed by atoms with Gasteiger partial charge in [0.1, 0.15) is 11.3 Å². The van der Waals surface area contributed by atoms with E-state index in [1.54, 1.807) is 6.07 Å². The van der Waals surface area contributed by atoms with Gasteiger partial charge in [0.2, 0.25) is 5.91 Å². The number of nitrogens with zero attached hydrogens (tertiary/aromatic N) is 3. The molecule has 2 aromatic rings. The third kappa shape index (κ3) is 3.88. The van der Waals surface area contributed by atoms with E-state index in [2.05, 4.69) is 15.3 Å². The number of fused-ring (bicyclic) bond motifs is 2. The molecule has 3 heterocycles. The zero-order valence-corrected chi connectivity index (χ0v) is 19.1. The summed E-state index contributed by atoms with van der Waals surface area (Å²) in [6, 6.07) is 1.88. The summed E-state index contributed by atoms with van der Waals surface area (Å²) >= 11 is 0. The molecule has 1 saturated carbocycles. The molecule has 9 heteroatoms. The van der Waals surface area contributed by atoms with Crippen LogP contribution in [0.5, 0.6) is 11.5 Å². The van der Waals surface area contributed by atoms with Crippen LogP contribution in [-0.2, 0) is 4.79 Å². The molecule has 0 bridgehead atoms. The van der Waals surface area contributed by atoms with Gasteiger partial charge in [-0.1, -0.05) is 12.5 Å². The Hall–Kier alpha value is -2.94. The number of methoxy groups -OCH3 is 2. The lowest BCUT2D eigenvalue weighted by Gasteiger charge is -2.28. The van der Waals surface area contributed by atoms with Gasteiger partial charge in [0.05, 0.1) is 14.2 Å². The van der Waals surface area contributed by atoms with Crippen LogP contribution in [0.3, 0.4) is 0 Å². The summed E-state index contributed by atoms with van der Waals surface area (Å²) in [6.45, 7) is 2.12. The Morgan fingerprint density at radius 2 is 2.15 bits per heavy atom. The predicted molar refractivity (Wildman–Crippen MR) is 123 cm³/mol. The summed E-state index contributed by atoms with van der Waals surface area (Å²) in [6.07, 6.45) is 6.89. The molecule has 1 aromatic heterocycles. The van der Waals surface area contributed by atoms with E-state index in [0.29, 0.717) is 49.1 Å². The van der Waals surface area contributed by atoms with E-state index in [1.165, 1.54) is 33.5 Å². The van der Waals surface area contributed by atoms with Crippen LogP contribution < -0.4 is 20.5 Å². The second-order valence-corrected chi connectivity index (χ2v) is 9.15. The van der Waals surface area contributed by atoms with Crippen molar-refractivity contribution in [2.75, 3.05) is 39.6 Å². The van der Waals surface area contributed by atoms with Crippen molar-refractivity contribution < 1.29 is 18.7 Å². The summed E-state index contributed by atoms with van der Waals surface area (Å²) < 4.78 is 25.4. The number of aromatic nitrogens is 2. The first-order valence-electron chi connectivity index (χ1n) is 11.6. The first kappa shape index (κ1) is 21.9. The van der Waals surface area contributed by atoms with Gasteiger partial charge in [-0.2, -0.15) is 0 Å². The topological polar surface area (TPSA) is 103 Å². The standard InChI is InChI=1S/C24H30FN5O3/c1-32-18-10-16-21(20(25)22(18)33-2)28-24(29-23(16)26)13-6-8-30(9-7-13)19(31)11-17-15-5-3-4-14(15)12-27-17/h6,10,14-15,17,27H,3-5,7-9,11-12H2,1-2H3,(H2,26,28,29)/t14-,15-,17+/m0/s1. The zero-order valence-electron chi connectivity index (χ0n) is 19.1. The van der Waals surface area contributed by atoms with Crippen LogP contribution in [0.25, 0.3) is 16.5 Å². The van der Waals surface area contributed by atoms with Gasteiger partial charge in [0.25, 0.3) is 0 Å². The lowest BCUT2D eigenvalue weighted by Crippen LogP contribution is -2.40. The molecule has 0 radical (unpaired) electrons. The zero-order chi connectivity index (χ0) is 23.1. The predicted octanol–water partition coefficient (Wildman–Crippen LogP) is 2.76. The molecule has 1 saturated heterocycles. The molecule has 2 fully saturated rings. The van der Waals surface area contributed by atoms with Crippen molar-refractivity contribution in [2.45, 2.75) is 38.1 Å². The Kier molecular flexibility index (Phi) is 5.82. The summed E-state index contributed by atoms with van der Waals surface area (Å²) in [7, 11) is 2.81. The van der Waals surface area contributed by atoms with Crippen molar-refractivity contribution in [3.63, 3.8) is 0 Å². The monoisotopic (exact) mass is 455 g/mol. The molecule has 176 valence electrons. The third-order valence-corrected chi connectivity index (χ3v) is 7.43. The summed E-state index contributed by atoms with van der Waals surface area (Å²) in [4.78, 5) is 23.7. The van der Waals surface area contributed by atoms with Crippen molar-refractivity contribution in [3.05, 3.63) is 23.8 Å². The van der Waals surface area contributed by atoms with Crippen LogP contribution in [0.2, 0.25) is 0 Å². The van der Waals surface area contributed by atoms with Crippen molar-refractivity contribution >= 4 is 28.2 Å². The number of benzene rings is 1. The smallest absolute Gasteiger partial charge is 0.224 e. The fourth-order valence-corrected chi connectivity index (χ4v) is 5.64. The summed E-state index contributed by atoms with van der Waals surface area (Å²) in [5.74, 6) is 1.69. The highest BCUT2D eigenvalue weighted by Crippen LogP contribution is 2.39. The number of halogens is 1. The van der Waals surface area contributed by atoms with Crippen LogP contribution in [-0.4, -0.2) is 60.7 Å². The van der Waals surface area contributed by atoms with Crippen LogP contribution in [0.15, 0.2) is 12.1 Å². The minimum absolute atomic E-state index is 0.0199. The highest BCUT2D eigenvalue weighted by molar-refractivity contribution is 5.92. The number of nitrogens with two attached hydrogens (primary N) is 1. The number of hydrogen-bond acceptors (Lipinski definition) is 7. The van der Waals surface area contributed by atoms with Gasteiger partial charge in [-0.3, -0.25) is 4.79 Å². The SMILES string of the molecule is COc1cc2c(N)nc(C3=CCN(C(=O)C[C@H]4NC[C@@H]5CCC[C@@H]54)CC3)nc2c(F)c1OC. The van der Waals surface area contributed by atoms with Gasteiger partial charge >= 0.3 is 0 Å². The van der Waals surface area contributed by atoms with Crippen molar-refractivity contribution in [1.29, 1.82) is 0 Å².